The molecule has 2 atom stereocenters. The number of carbonyl (C=O) groups is 1. The second-order valence-electron chi connectivity index (χ2n) is 11.1. The van der Waals surface area contributed by atoms with Gasteiger partial charge in [0.2, 0.25) is 0 Å². The van der Waals surface area contributed by atoms with E-state index in [1.807, 2.05) is 6.92 Å². The number of nitrogens with zero attached hydrogens (tertiary/aromatic N) is 3. The molecule has 2 aromatic heterocycles. The Balaban J connectivity index is 1.72. The van der Waals surface area contributed by atoms with Crippen molar-refractivity contribution in [2.75, 3.05) is 18.4 Å². The fraction of sp³-hybridized carbons (Fsp3) is 0.654. The van der Waals surface area contributed by atoms with Gasteiger partial charge in [-0.3, -0.25) is 9.69 Å². The molecule has 3 heterocycles. The molecule has 2 aromatic rings. The summed E-state index contributed by atoms with van der Waals surface area (Å²) in [7, 11) is 0. The Bertz CT molecular complexity index is 1180. The van der Waals surface area contributed by atoms with E-state index in [4.69, 9.17) is 0 Å². The number of hydrogen-bond acceptors (Lipinski definition) is 7. The monoisotopic (exact) mass is 575 g/mol. The lowest BCUT2D eigenvalue weighted by Gasteiger charge is -2.32. The maximum absolute atomic E-state index is 14.3. The Kier molecular flexibility index (Phi) is 8.53. The van der Waals surface area contributed by atoms with E-state index in [9.17, 15) is 31.9 Å². The van der Waals surface area contributed by atoms with Crippen LogP contribution in [0.5, 0.6) is 0 Å². The molecule has 2 aliphatic rings. The van der Waals surface area contributed by atoms with Crippen molar-refractivity contribution in [2.45, 2.75) is 95.6 Å². The first-order chi connectivity index (χ1) is 18.1. The Morgan fingerprint density at radius 2 is 1.97 bits per heavy atom. The van der Waals surface area contributed by atoms with Crippen LogP contribution < -0.4 is 10.6 Å². The first-order valence-electron chi connectivity index (χ1n) is 13.1. The third kappa shape index (κ3) is 7.23. The lowest BCUT2D eigenvalue weighted by Crippen LogP contribution is -2.42. The molecular formula is C26H34F5N5O2S. The van der Waals surface area contributed by atoms with Crippen molar-refractivity contribution in [3.05, 3.63) is 28.5 Å². The van der Waals surface area contributed by atoms with Crippen LogP contribution in [0.3, 0.4) is 0 Å². The van der Waals surface area contributed by atoms with Crippen LogP contribution in [0.15, 0.2) is 12.3 Å². The lowest BCUT2D eigenvalue weighted by atomic mass is 9.91. The molecule has 0 unspecified atom stereocenters. The molecule has 13 heteroatoms. The van der Waals surface area contributed by atoms with Crippen molar-refractivity contribution < 1.29 is 31.9 Å². The van der Waals surface area contributed by atoms with Gasteiger partial charge >= 0.3 is 6.18 Å². The summed E-state index contributed by atoms with van der Waals surface area (Å²) in [6, 6.07) is -0.334. The zero-order valence-electron chi connectivity index (χ0n) is 22.2. The van der Waals surface area contributed by atoms with Gasteiger partial charge in [0.05, 0.1) is 27.8 Å². The maximum Gasteiger partial charge on any atom is 0.417 e. The van der Waals surface area contributed by atoms with Crippen molar-refractivity contribution in [3.8, 4) is 10.4 Å². The van der Waals surface area contributed by atoms with Crippen LogP contribution in [0.25, 0.3) is 10.4 Å². The van der Waals surface area contributed by atoms with Crippen LogP contribution in [0, 0.1) is 0 Å². The molecule has 39 heavy (non-hydrogen) atoms. The minimum atomic E-state index is -4.81. The topological polar surface area (TPSA) is 90.4 Å². The zero-order chi connectivity index (χ0) is 28.6. The van der Waals surface area contributed by atoms with E-state index in [-0.39, 0.29) is 53.2 Å². The van der Waals surface area contributed by atoms with Gasteiger partial charge in [0.15, 0.2) is 5.01 Å². The summed E-state index contributed by atoms with van der Waals surface area (Å²) in [6.07, 6.45) is -1.18. The van der Waals surface area contributed by atoms with Crippen molar-refractivity contribution >= 4 is 23.1 Å². The van der Waals surface area contributed by atoms with Crippen LogP contribution in [0.4, 0.5) is 27.8 Å². The number of amides is 1. The molecule has 0 radical (unpaired) electrons. The molecule has 0 bridgehead atoms. The average Bonchev–Trinajstić information content (AvgIpc) is 3.44. The summed E-state index contributed by atoms with van der Waals surface area (Å²) >= 11 is 0.816. The summed E-state index contributed by atoms with van der Waals surface area (Å²) in [4.78, 5) is 23.6. The zero-order valence-corrected chi connectivity index (χ0v) is 23.0. The molecule has 1 aliphatic carbocycles. The molecule has 1 saturated carbocycles. The molecule has 3 N–H and O–H groups in total. The van der Waals surface area contributed by atoms with Crippen molar-refractivity contribution in [1.82, 2.24) is 20.2 Å². The Labute approximate surface area is 228 Å². The molecule has 7 nitrogen and oxygen atoms in total. The molecular weight excluding hydrogens is 541 g/mol. The Morgan fingerprint density at radius 3 is 2.59 bits per heavy atom. The molecule has 4 rings (SSSR count). The van der Waals surface area contributed by atoms with E-state index >= 15 is 0 Å². The molecule has 0 aromatic carbocycles. The fourth-order valence-corrected chi connectivity index (χ4v) is 5.97. The number of carbonyl (C=O) groups excluding carboxylic acids is 1. The van der Waals surface area contributed by atoms with Crippen LogP contribution >= 0.6 is 11.3 Å². The second-order valence-corrected chi connectivity index (χ2v) is 12.1. The van der Waals surface area contributed by atoms with Gasteiger partial charge in [-0.15, -0.1) is 11.3 Å². The highest BCUT2D eigenvalue weighted by molar-refractivity contribution is 7.17. The van der Waals surface area contributed by atoms with Crippen LogP contribution in [-0.4, -0.2) is 62.6 Å². The number of aromatic nitrogens is 2. The molecule has 1 saturated heterocycles. The van der Waals surface area contributed by atoms with Gasteiger partial charge in [-0.2, -0.15) is 13.2 Å². The van der Waals surface area contributed by atoms with Crippen molar-refractivity contribution in [3.63, 3.8) is 0 Å². The number of nitrogens with one attached hydrogen (secondary N) is 2. The van der Waals surface area contributed by atoms with E-state index in [1.165, 1.54) is 13.8 Å². The highest BCUT2D eigenvalue weighted by Crippen LogP contribution is 2.43. The predicted molar refractivity (Wildman–Crippen MR) is 139 cm³/mol. The predicted octanol–water partition coefficient (Wildman–Crippen LogP) is 5.70. The van der Waals surface area contributed by atoms with Gasteiger partial charge in [0.25, 0.3) is 11.8 Å². The van der Waals surface area contributed by atoms with Gasteiger partial charge in [-0.05, 0) is 59.1 Å². The van der Waals surface area contributed by atoms with Gasteiger partial charge in [-0.25, -0.2) is 18.7 Å². The smallest absolute Gasteiger partial charge is 0.389 e. The van der Waals surface area contributed by atoms with Crippen LogP contribution in [0.2, 0.25) is 0 Å². The molecule has 216 valence electrons. The van der Waals surface area contributed by atoms with Crippen LogP contribution in [0.1, 0.15) is 80.4 Å². The number of anilines is 1. The summed E-state index contributed by atoms with van der Waals surface area (Å²) < 4.78 is 71.7. The number of pyridine rings is 1. The summed E-state index contributed by atoms with van der Waals surface area (Å²) in [5.41, 5.74) is -2.17. The van der Waals surface area contributed by atoms with E-state index in [0.29, 0.717) is 18.5 Å². The number of rotatable bonds is 8. The summed E-state index contributed by atoms with van der Waals surface area (Å²) in [5, 5.41) is 15.0. The van der Waals surface area contributed by atoms with E-state index < -0.39 is 35.2 Å². The standard InChI is InChI=1S/C26H34F5N5O2S/c1-15-7-6-10-36(15)13-18-21(39-23(34-18)22(37)33-14-24(2,3)38)16-12-32-20(11-17(16)26(29,30)31)35-19-8-4-5-9-25(19,27)28/h11-12,15,19,38H,4-10,13-14H2,1-3H3,(H,32,35)(H,33,37)/t15-,19+/m0/s1. The molecule has 0 spiro atoms. The fourth-order valence-electron chi connectivity index (χ4n) is 4.96. The van der Waals surface area contributed by atoms with E-state index in [1.54, 1.807) is 0 Å². The third-order valence-corrected chi connectivity index (χ3v) is 8.29. The summed E-state index contributed by atoms with van der Waals surface area (Å²) in [6.45, 7) is 5.99. The normalized spacial score (nSPS) is 22.2. The average molecular weight is 576 g/mol. The third-order valence-electron chi connectivity index (χ3n) is 7.16. The SMILES string of the molecule is C[C@H]1CCCN1Cc1nc(C(=O)NCC(C)(C)O)sc1-c1cnc(N[C@@H]2CCCCC2(F)F)cc1C(F)(F)F. The van der Waals surface area contributed by atoms with E-state index in [0.717, 1.165) is 43.0 Å². The Morgan fingerprint density at radius 1 is 1.23 bits per heavy atom. The lowest BCUT2D eigenvalue weighted by molar-refractivity contribution is -0.137. The highest BCUT2D eigenvalue weighted by Gasteiger charge is 2.42. The largest absolute Gasteiger partial charge is 0.417 e. The first-order valence-corrected chi connectivity index (χ1v) is 13.9. The quantitative estimate of drug-likeness (QED) is 0.350. The first kappa shape index (κ1) is 29.6. The van der Waals surface area contributed by atoms with Gasteiger partial charge < -0.3 is 15.7 Å². The maximum atomic E-state index is 14.3. The number of aliphatic hydroxyl groups is 1. The molecule has 2 fully saturated rings. The van der Waals surface area contributed by atoms with Crippen molar-refractivity contribution in [1.29, 1.82) is 0 Å². The number of hydrogen-bond donors (Lipinski definition) is 3. The number of likely N-dealkylation sites (tertiary alicyclic amines) is 1. The minimum absolute atomic E-state index is 0.0340. The highest BCUT2D eigenvalue weighted by atomic mass is 32.1. The summed E-state index contributed by atoms with van der Waals surface area (Å²) in [5.74, 6) is -3.93. The Hall–Kier alpha value is -2.38. The minimum Gasteiger partial charge on any atom is -0.389 e. The van der Waals surface area contributed by atoms with Crippen LogP contribution in [-0.2, 0) is 12.7 Å². The molecule has 1 amide bonds. The second kappa shape index (κ2) is 11.2. The molecule has 1 aliphatic heterocycles. The number of halogens is 5. The van der Waals surface area contributed by atoms with Gasteiger partial charge in [0, 0.05) is 37.3 Å². The number of thiazole rings is 1. The van der Waals surface area contributed by atoms with Crippen molar-refractivity contribution in [2.24, 2.45) is 0 Å². The van der Waals surface area contributed by atoms with Gasteiger partial charge in [0.1, 0.15) is 5.82 Å². The van der Waals surface area contributed by atoms with Gasteiger partial charge in [-0.1, -0.05) is 6.42 Å². The van der Waals surface area contributed by atoms with E-state index in [2.05, 4.69) is 25.5 Å². The number of alkyl halides is 5.